The quantitative estimate of drug-likeness (QED) is 0.362. The fourth-order valence-electron chi connectivity index (χ4n) is 2.25. The smallest absolute Gasteiger partial charge is 0.377 e. The number of hydrogen-bond acceptors (Lipinski definition) is 5. The minimum absolute atomic E-state index is 0.720. The van der Waals surface area contributed by atoms with Gasteiger partial charge in [0.1, 0.15) is 0 Å². The topological polar surface area (TPSA) is 52.1 Å². The van der Waals surface area contributed by atoms with E-state index in [0.717, 1.165) is 43.4 Å². The van der Waals surface area contributed by atoms with Gasteiger partial charge in [0.05, 0.1) is 12.3 Å². The molecule has 0 saturated heterocycles. The molecule has 0 aromatic heterocycles. The van der Waals surface area contributed by atoms with E-state index in [9.17, 15) is 0 Å². The van der Waals surface area contributed by atoms with Crippen molar-refractivity contribution in [2.24, 2.45) is 4.99 Å². The zero-order valence-corrected chi connectivity index (χ0v) is 15.4. The van der Waals surface area contributed by atoms with E-state index in [4.69, 9.17) is 13.3 Å². The molecule has 0 amide bonds. The molecule has 0 spiro atoms. The summed E-state index contributed by atoms with van der Waals surface area (Å²) in [5, 5.41) is 3.38. The molecule has 0 heterocycles. The van der Waals surface area contributed by atoms with Crippen LogP contribution < -0.4 is 5.32 Å². The van der Waals surface area contributed by atoms with Gasteiger partial charge in [-0.2, -0.15) is 0 Å². The Morgan fingerprint density at radius 1 is 1.13 bits per heavy atom. The fourth-order valence-corrected chi connectivity index (χ4v) is 3.97. The van der Waals surface area contributed by atoms with E-state index in [2.05, 4.69) is 16.9 Å². The SMILES string of the molecule is C=CC(=NCCNCCC[Si](OC)(OC)OC)c1ccccc1. The summed E-state index contributed by atoms with van der Waals surface area (Å²) < 4.78 is 16.2. The number of benzene rings is 1. The van der Waals surface area contributed by atoms with Gasteiger partial charge in [0.2, 0.25) is 0 Å². The molecule has 128 valence electrons. The van der Waals surface area contributed by atoms with Gasteiger partial charge in [0.25, 0.3) is 0 Å². The maximum Gasteiger partial charge on any atom is 0.500 e. The summed E-state index contributed by atoms with van der Waals surface area (Å²) in [6.45, 7) is 6.26. The van der Waals surface area contributed by atoms with E-state index < -0.39 is 8.80 Å². The summed E-state index contributed by atoms with van der Waals surface area (Å²) in [5.74, 6) is 0. The Bertz CT molecular complexity index is 468. The van der Waals surface area contributed by atoms with Crippen LogP contribution in [-0.4, -0.2) is 55.5 Å². The van der Waals surface area contributed by atoms with E-state index in [1.165, 1.54) is 0 Å². The Kier molecular flexibility index (Phi) is 9.66. The van der Waals surface area contributed by atoms with Crippen molar-refractivity contribution in [3.63, 3.8) is 0 Å². The molecule has 0 fully saturated rings. The first-order chi connectivity index (χ1) is 11.2. The van der Waals surface area contributed by atoms with Gasteiger partial charge < -0.3 is 18.6 Å². The molecule has 1 rings (SSSR count). The van der Waals surface area contributed by atoms with E-state index in [0.29, 0.717) is 0 Å². The number of nitrogens with one attached hydrogen (secondary N) is 1. The fraction of sp³-hybridized carbons (Fsp3) is 0.471. The Morgan fingerprint density at radius 2 is 1.78 bits per heavy atom. The molecule has 1 N–H and O–H groups in total. The largest absolute Gasteiger partial charge is 0.500 e. The Labute approximate surface area is 140 Å². The van der Waals surface area contributed by atoms with E-state index in [-0.39, 0.29) is 0 Å². The second kappa shape index (κ2) is 11.3. The molecule has 23 heavy (non-hydrogen) atoms. The minimum atomic E-state index is -2.43. The maximum atomic E-state index is 5.39. The number of aliphatic imine (C=N–C) groups is 1. The first kappa shape index (κ1) is 19.7. The van der Waals surface area contributed by atoms with Gasteiger partial charge in [-0.05, 0) is 24.6 Å². The highest BCUT2D eigenvalue weighted by Gasteiger charge is 2.36. The number of rotatable bonds is 12. The second-order valence-corrected chi connectivity index (χ2v) is 8.08. The van der Waals surface area contributed by atoms with Crippen LogP contribution in [0.3, 0.4) is 0 Å². The Morgan fingerprint density at radius 3 is 2.35 bits per heavy atom. The molecule has 1 aromatic carbocycles. The molecule has 0 aliphatic carbocycles. The van der Waals surface area contributed by atoms with E-state index in [1.807, 2.05) is 30.3 Å². The molecule has 6 heteroatoms. The van der Waals surface area contributed by atoms with E-state index in [1.54, 1.807) is 27.4 Å². The average molecular weight is 337 g/mol. The molecule has 5 nitrogen and oxygen atoms in total. The normalized spacial score (nSPS) is 12.4. The van der Waals surface area contributed by atoms with Gasteiger partial charge in [-0.15, -0.1) is 0 Å². The molecule has 0 unspecified atom stereocenters. The minimum Gasteiger partial charge on any atom is -0.377 e. The van der Waals surface area contributed by atoms with Crippen molar-refractivity contribution >= 4 is 14.5 Å². The number of nitrogens with zero attached hydrogens (tertiary/aromatic N) is 1. The van der Waals surface area contributed by atoms with Crippen molar-refractivity contribution in [1.29, 1.82) is 0 Å². The monoisotopic (exact) mass is 336 g/mol. The van der Waals surface area contributed by atoms with Gasteiger partial charge in [-0.3, -0.25) is 4.99 Å². The van der Waals surface area contributed by atoms with Crippen molar-refractivity contribution in [3.8, 4) is 0 Å². The summed E-state index contributed by atoms with van der Waals surface area (Å²) in [6, 6.07) is 10.9. The van der Waals surface area contributed by atoms with Gasteiger partial charge >= 0.3 is 8.80 Å². The third kappa shape index (κ3) is 6.76. The predicted molar refractivity (Wildman–Crippen MR) is 97.1 cm³/mol. The predicted octanol–water partition coefficient (Wildman–Crippen LogP) is 2.52. The molecule has 0 bridgehead atoms. The van der Waals surface area contributed by atoms with Crippen LogP contribution in [0.25, 0.3) is 0 Å². The zero-order chi connectivity index (χ0) is 17.0. The van der Waals surface area contributed by atoms with Crippen LogP contribution in [0.15, 0.2) is 48.0 Å². The van der Waals surface area contributed by atoms with Crippen molar-refractivity contribution in [3.05, 3.63) is 48.6 Å². The van der Waals surface area contributed by atoms with Crippen molar-refractivity contribution < 1.29 is 13.3 Å². The van der Waals surface area contributed by atoms with Crippen LogP contribution in [0.2, 0.25) is 6.04 Å². The highest BCUT2D eigenvalue weighted by atomic mass is 28.4. The van der Waals surface area contributed by atoms with Gasteiger partial charge in [-0.25, -0.2) is 0 Å². The molecular weight excluding hydrogens is 308 g/mol. The lowest BCUT2D eigenvalue weighted by Crippen LogP contribution is -2.43. The summed E-state index contributed by atoms with van der Waals surface area (Å²) in [7, 11) is 2.49. The van der Waals surface area contributed by atoms with Crippen LogP contribution in [0, 0.1) is 0 Å². The van der Waals surface area contributed by atoms with Gasteiger partial charge in [0.15, 0.2) is 0 Å². The van der Waals surface area contributed by atoms with Crippen LogP contribution in [0.4, 0.5) is 0 Å². The van der Waals surface area contributed by atoms with Crippen LogP contribution >= 0.6 is 0 Å². The first-order valence-electron chi connectivity index (χ1n) is 7.80. The summed E-state index contributed by atoms with van der Waals surface area (Å²) >= 11 is 0. The highest BCUT2D eigenvalue weighted by Crippen LogP contribution is 2.14. The Balaban J connectivity index is 2.27. The number of allylic oxidation sites excluding steroid dienone is 1. The summed E-state index contributed by atoms with van der Waals surface area (Å²) in [5.41, 5.74) is 2.02. The van der Waals surface area contributed by atoms with Crippen molar-refractivity contribution in [2.75, 3.05) is 41.0 Å². The van der Waals surface area contributed by atoms with Crippen molar-refractivity contribution in [2.45, 2.75) is 12.5 Å². The van der Waals surface area contributed by atoms with Crippen LogP contribution in [0.1, 0.15) is 12.0 Å². The average Bonchev–Trinajstić information content (AvgIpc) is 2.62. The molecule has 0 radical (unpaired) electrons. The molecular formula is C17H28N2O3Si. The second-order valence-electron chi connectivity index (χ2n) is 4.99. The lowest BCUT2D eigenvalue weighted by molar-refractivity contribution is 0.123. The number of hydrogen-bond donors (Lipinski definition) is 1. The first-order valence-corrected chi connectivity index (χ1v) is 9.73. The third-order valence-electron chi connectivity index (χ3n) is 3.60. The molecule has 0 saturated carbocycles. The van der Waals surface area contributed by atoms with E-state index >= 15 is 0 Å². The van der Waals surface area contributed by atoms with Gasteiger partial charge in [0, 0.05) is 33.9 Å². The molecule has 1 aromatic rings. The maximum absolute atomic E-state index is 5.39. The molecule has 0 aliphatic heterocycles. The molecule has 0 aliphatic rings. The molecule has 0 atom stereocenters. The van der Waals surface area contributed by atoms with Crippen molar-refractivity contribution in [1.82, 2.24) is 5.32 Å². The third-order valence-corrected chi connectivity index (χ3v) is 6.44. The standard InChI is InChI=1S/C17H28N2O3Si/c1-5-17(16-10-7-6-8-11-16)19-14-13-18-12-9-15-23(20-2,21-3)22-4/h5-8,10-11,18H,1,9,12-15H2,2-4H3. The lowest BCUT2D eigenvalue weighted by Gasteiger charge is -2.24. The lowest BCUT2D eigenvalue weighted by atomic mass is 10.1. The van der Waals surface area contributed by atoms with Gasteiger partial charge in [-0.1, -0.05) is 36.9 Å². The van der Waals surface area contributed by atoms with Crippen LogP contribution in [0.5, 0.6) is 0 Å². The zero-order valence-electron chi connectivity index (χ0n) is 14.4. The summed E-state index contributed by atoms with van der Waals surface area (Å²) in [4.78, 5) is 4.58. The summed E-state index contributed by atoms with van der Waals surface area (Å²) in [6.07, 6.45) is 2.74. The highest BCUT2D eigenvalue weighted by molar-refractivity contribution is 6.60. The van der Waals surface area contributed by atoms with Crippen LogP contribution in [-0.2, 0) is 13.3 Å². The Hall–Kier alpha value is -1.31.